The number of non-ortho nitro benzene ring substituents is 1. The second kappa shape index (κ2) is 8.33. The molecule has 144 valence electrons. The van der Waals surface area contributed by atoms with E-state index in [0.717, 1.165) is 11.3 Å². The molecule has 9 heteroatoms. The first-order valence-corrected chi connectivity index (χ1v) is 9.18. The molecule has 0 spiro atoms. The molecule has 0 aliphatic carbocycles. The van der Waals surface area contributed by atoms with Gasteiger partial charge in [-0.15, -0.1) is 11.3 Å². The fourth-order valence-corrected chi connectivity index (χ4v) is 3.73. The monoisotopic (exact) mass is 406 g/mol. The van der Waals surface area contributed by atoms with E-state index >= 15 is 0 Å². The quantitative estimate of drug-likeness (QED) is 0.513. The van der Waals surface area contributed by atoms with Crippen LogP contribution in [0.15, 0.2) is 59.4 Å². The number of rotatable bonds is 4. The minimum absolute atomic E-state index is 0.0598. The number of carbonyl (C=O) groups excluding carboxylic acids is 1. The Morgan fingerprint density at radius 3 is 2.41 bits per heavy atom. The number of nitriles is 1. The highest BCUT2D eigenvalue weighted by molar-refractivity contribution is 7.07. The van der Waals surface area contributed by atoms with Crippen molar-refractivity contribution in [2.24, 2.45) is 0 Å². The molecular weight excluding hydrogens is 392 g/mol. The van der Waals surface area contributed by atoms with E-state index in [0.29, 0.717) is 11.3 Å². The number of hydrogen-bond donors (Lipinski definition) is 1. The first-order valence-electron chi connectivity index (χ1n) is 8.36. The first-order chi connectivity index (χ1) is 14.0. The molecule has 1 N–H and O–H groups in total. The van der Waals surface area contributed by atoms with E-state index < -0.39 is 16.4 Å². The number of nitrogens with zero attached hydrogens (tertiary/aromatic N) is 3. The molecule has 0 aliphatic heterocycles. The largest absolute Gasteiger partial charge is 0.354 e. The van der Waals surface area contributed by atoms with Crippen molar-refractivity contribution in [2.45, 2.75) is 0 Å². The highest BCUT2D eigenvalue weighted by Crippen LogP contribution is 2.12. The van der Waals surface area contributed by atoms with Crippen LogP contribution in [0.25, 0.3) is 17.3 Å². The molecule has 0 radical (unpaired) electrons. The van der Waals surface area contributed by atoms with Gasteiger partial charge in [0.1, 0.15) is 10.7 Å². The second-order valence-corrected chi connectivity index (χ2v) is 6.84. The zero-order chi connectivity index (χ0) is 21.0. The molecule has 0 saturated carbocycles. The minimum atomic E-state index is -0.597. The smallest absolute Gasteiger partial charge is 0.273 e. The van der Waals surface area contributed by atoms with Crippen LogP contribution in [-0.2, 0) is 4.79 Å². The maximum atomic E-state index is 13.1. The number of aromatic nitrogens is 1. The predicted octanol–water partition coefficient (Wildman–Crippen LogP) is 1.06. The Morgan fingerprint density at radius 1 is 1.21 bits per heavy atom. The van der Waals surface area contributed by atoms with Crippen molar-refractivity contribution in [1.82, 2.24) is 9.88 Å². The maximum Gasteiger partial charge on any atom is 0.273 e. The van der Waals surface area contributed by atoms with Gasteiger partial charge in [-0.3, -0.25) is 24.3 Å². The molecule has 29 heavy (non-hydrogen) atoms. The molecule has 0 aliphatic rings. The van der Waals surface area contributed by atoms with Crippen molar-refractivity contribution in [2.75, 3.05) is 7.05 Å². The lowest BCUT2D eigenvalue weighted by atomic mass is 10.2. The molecule has 0 fully saturated rings. The molecule has 8 nitrogen and oxygen atoms in total. The summed E-state index contributed by atoms with van der Waals surface area (Å²) < 4.78 is 1.81. The van der Waals surface area contributed by atoms with E-state index in [1.807, 2.05) is 6.07 Å². The zero-order valence-electron chi connectivity index (χ0n) is 15.2. The maximum absolute atomic E-state index is 13.1. The van der Waals surface area contributed by atoms with Crippen LogP contribution in [0.2, 0.25) is 0 Å². The Hall–Kier alpha value is -4.03. The molecular formula is C20H14N4O4S. The Kier molecular flexibility index (Phi) is 5.66. The lowest BCUT2D eigenvalue weighted by Gasteiger charge is -2.02. The van der Waals surface area contributed by atoms with Crippen LogP contribution in [0, 0.1) is 21.4 Å². The van der Waals surface area contributed by atoms with Crippen molar-refractivity contribution < 1.29 is 9.72 Å². The number of nitro benzene ring substituents is 1. The van der Waals surface area contributed by atoms with E-state index in [1.165, 1.54) is 35.9 Å². The first kappa shape index (κ1) is 19.7. The fourth-order valence-electron chi connectivity index (χ4n) is 2.63. The Balaban J connectivity index is 2.33. The lowest BCUT2D eigenvalue weighted by Crippen LogP contribution is -2.33. The summed E-state index contributed by atoms with van der Waals surface area (Å²) in [5, 5.41) is 22.7. The van der Waals surface area contributed by atoms with Crippen molar-refractivity contribution in [3.05, 3.63) is 89.8 Å². The second-order valence-electron chi connectivity index (χ2n) is 5.81. The van der Waals surface area contributed by atoms with Crippen LogP contribution < -0.4 is 20.1 Å². The molecule has 0 unspecified atom stereocenters. The normalized spacial score (nSPS) is 12.2. The molecule has 1 aromatic heterocycles. The van der Waals surface area contributed by atoms with Gasteiger partial charge in [-0.1, -0.05) is 18.2 Å². The molecule has 0 saturated heterocycles. The van der Waals surface area contributed by atoms with Crippen molar-refractivity contribution >= 4 is 34.6 Å². The highest BCUT2D eigenvalue weighted by Gasteiger charge is 2.15. The highest BCUT2D eigenvalue weighted by atomic mass is 32.1. The lowest BCUT2D eigenvalue weighted by molar-refractivity contribution is -0.384. The number of amides is 1. The summed E-state index contributed by atoms with van der Waals surface area (Å²) in [6, 6.07) is 16.3. The standard InChI is InChI=1S/C20H14N4O4S/c1-22-18(25)16(12-21)20-23(14-5-3-2-4-6-14)19(26)17(29-20)11-13-7-9-15(10-8-13)24(27)28/h2-11H,1H3,(H,22,25)/b17-11+,20-16-. The predicted molar refractivity (Wildman–Crippen MR) is 109 cm³/mol. The number of para-hydroxylation sites is 1. The van der Waals surface area contributed by atoms with E-state index in [-0.39, 0.29) is 20.5 Å². The number of benzene rings is 2. The van der Waals surface area contributed by atoms with Crippen molar-refractivity contribution in [3.63, 3.8) is 0 Å². The summed E-state index contributed by atoms with van der Waals surface area (Å²) in [6.45, 7) is 0. The Labute approximate surface area is 168 Å². The van der Waals surface area contributed by atoms with E-state index in [9.17, 15) is 25.0 Å². The molecule has 3 rings (SSSR count). The summed E-state index contributed by atoms with van der Waals surface area (Å²) >= 11 is 1.00. The summed E-state index contributed by atoms with van der Waals surface area (Å²) in [4.78, 5) is 35.5. The third-order valence-corrected chi connectivity index (χ3v) is 5.11. The van der Waals surface area contributed by atoms with E-state index in [1.54, 1.807) is 36.4 Å². The summed E-state index contributed by atoms with van der Waals surface area (Å²) in [5.74, 6) is -0.597. The summed E-state index contributed by atoms with van der Waals surface area (Å²) in [7, 11) is 1.40. The van der Waals surface area contributed by atoms with Gasteiger partial charge in [-0.2, -0.15) is 5.26 Å². The van der Waals surface area contributed by atoms with Gasteiger partial charge in [0.15, 0.2) is 5.57 Å². The molecule has 0 bridgehead atoms. The number of nitrogens with one attached hydrogen (secondary N) is 1. The van der Waals surface area contributed by atoms with Crippen LogP contribution in [0.5, 0.6) is 0 Å². The van der Waals surface area contributed by atoms with Gasteiger partial charge in [0.2, 0.25) is 0 Å². The number of hydrogen-bond acceptors (Lipinski definition) is 6. The Morgan fingerprint density at radius 2 is 1.86 bits per heavy atom. The van der Waals surface area contributed by atoms with Crippen molar-refractivity contribution in [3.8, 4) is 11.8 Å². The summed E-state index contributed by atoms with van der Waals surface area (Å²) in [6.07, 6.45) is 1.57. The Bertz CT molecular complexity index is 1300. The molecule has 1 heterocycles. The van der Waals surface area contributed by atoms with Gasteiger partial charge in [-0.05, 0) is 35.9 Å². The fraction of sp³-hybridized carbons (Fsp3) is 0.0500. The van der Waals surface area contributed by atoms with Crippen LogP contribution >= 0.6 is 11.3 Å². The van der Waals surface area contributed by atoms with Crippen LogP contribution in [-0.4, -0.2) is 22.4 Å². The van der Waals surface area contributed by atoms with Gasteiger partial charge >= 0.3 is 0 Å². The zero-order valence-corrected chi connectivity index (χ0v) is 16.0. The SMILES string of the molecule is CNC(=O)/C(C#N)=c1\s/c(=C/c2ccc([N+](=O)[O-])cc2)c(=O)n1-c1ccccc1. The van der Waals surface area contributed by atoms with Crippen LogP contribution in [0.3, 0.4) is 0 Å². The topological polar surface area (TPSA) is 118 Å². The number of thiazole rings is 1. The average Bonchev–Trinajstić information content (AvgIpc) is 3.05. The van der Waals surface area contributed by atoms with Crippen LogP contribution in [0.1, 0.15) is 5.56 Å². The third kappa shape index (κ3) is 3.97. The third-order valence-electron chi connectivity index (χ3n) is 4.02. The van der Waals surface area contributed by atoms with Crippen LogP contribution in [0.4, 0.5) is 5.69 Å². The number of nitro groups is 1. The van der Waals surface area contributed by atoms with Gasteiger partial charge in [0, 0.05) is 19.2 Å². The summed E-state index contributed by atoms with van der Waals surface area (Å²) in [5.41, 5.74) is 0.464. The van der Waals surface area contributed by atoms with Gasteiger partial charge < -0.3 is 5.32 Å². The minimum Gasteiger partial charge on any atom is -0.354 e. The average molecular weight is 406 g/mol. The van der Waals surface area contributed by atoms with E-state index in [4.69, 9.17) is 0 Å². The van der Waals surface area contributed by atoms with E-state index in [2.05, 4.69) is 5.32 Å². The van der Waals surface area contributed by atoms with Crippen molar-refractivity contribution in [1.29, 1.82) is 5.26 Å². The molecule has 0 atom stereocenters. The van der Waals surface area contributed by atoms with Gasteiger partial charge in [-0.25, -0.2) is 0 Å². The molecule has 2 aromatic carbocycles. The van der Waals surface area contributed by atoms with Gasteiger partial charge in [0.25, 0.3) is 17.2 Å². The van der Waals surface area contributed by atoms with Gasteiger partial charge in [0.05, 0.1) is 15.1 Å². The number of carbonyl (C=O) groups is 1. The molecule has 1 amide bonds. The molecule has 3 aromatic rings.